The average Bonchev–Trinajstić information content (AvgIpc) is 2.65. The SMILES string of the molecule is CCCC(C#N)NC(=O)C1(C)CCCS1. The molecule has 0 saturated carbocycles. The van der Waals surface area contributed by atoms with Gasteiger partial charge in [-0.1, -0.05) is 13.3 Å². The van der Waals surface area contributed by atoms with Gasteiger partial charge in [-0.25, -0.2) is 0 Å². The third kappa shape index (κ3) is 3.13. The molecular weight excluding hydrogens is 208 g/mol. The van der Waals surface area contributed by atoms with Gasteiger partial charge in [0.25, 0.3) is 0 Å². The zero-order valence-corrected chi connectivity index (χ0v) is 10.2. The van der Waals surface area contributed by atoms with Gasteiger partial charge in [0, 0.05) is 0 Å². The van der Waals surface area contributed by atoms with E-state index in [1.54, 1.807) is 11.8 Å². The molecule has 0 spiro atoms. The Hall–Kier alpha value is -0.690. The first-order chi connectivity index (χ1) is 7.12. The number of hydrogen-bond acceptors (Lipinski definition) is 3. The fourth-order valence-electron chi connectivity index (χ4n) is 1.73. The van der Waals surface area contributed by atoms with E-state index in [9.17, 15) is 4.79 Å². The third-order valence-corrected chi connectivity index (χ3v) is 4.26. The Labute approximate surface area is 95.6 Å². The second kappa shape index (κ2) is 5.41. The highest BCUT2D eigenvalue weighted by Crippen LogP contribution is 2.37. The van der Waals surface area contributed by atoms with Gasteiger partial charge in [-0.05, 0) is 31.9 Å². The molecule has 0 radical (unpaired) electrons. The topological polar surface area (TPSA) is 52.9 Å². The summed E-state index contributed by atoms with van der Waals surface area (Å²) in [5.74, 6) is 1.08. The highest BCUT2D eigenvalue weighted by Gasteiger charge is 2.37. The van der Waals surface area contributed by atoms with Crippen LogP contribution < -0.4 is 5.32 Å². The molecule has 1 aliphatic rings. The number of amides is 1. The molecule has 1 saturated heterocycles. The number of carbonyl (C=O) groups excluding carboxylic acids is 1. The van der Waals surface area contributed by atoms with Crippen LogP contribution in [0.15, 0.2) is 0 Å². The van der Waals surface area contributed by atoms with Crippen LogP contribution in [0, 0.1) is 11.3 Å². The van der Waals surface area contributed by atoms with Gasteiger partial charge < -0.3 is 5.32 Å². The Balaban J connectivity index is 2.50. The molecule has 1 fully saturated rings. The highest BCUT2D eigenvalue weighted by atomic mass is 32.2. The molecule has 84 valence electrons. The maximum absolute atomic E-state index is 11.9. The summed E-state index contributed by atoms with van der Waals surface area (Å²) in [7, 11) is 0. The molecule has 1 aliphatic heterocycles. The van der Waals surface area contributed by atoms with Gasteiger partial charge in [-0.15, -0.1) is 11.8 Å². The number of hydrogen-bond donors (Lipinski definition) is 1. The van der Waals surface area contributed by atoms with Crippen LogP contribution in [-0.4, -0.2) is 22.4 Å². The van der Waals surface area contributed by atoms with E-state index in [1.165, 1.54) is 0 Å². The number of nitrogens with one attached hydrogen (secondary N) is 1. The van der Waals surface area contributed by atoms with Crippen molar-refractivity contribution in [2.75, 3.05) is 5.75 Å². The van der Waals surface area contributed by atoms with E-state index in [4.69, 9.17) is 5.26 Å². The van der Waals surface area contributed by atoms with Crippen molar-refractivity contribution in [2.24, 2.45) is 0 Å². The molecule has 0 aromatic heterocycles. The molecule has 2 atom stereocenters. The van der Waals surface area contributed by atoms with Crippen LogP contribution in [-0.2, 0) is 4.79 Å². The molecule has 4 heteroatoms. The molecule has 0 bridgehead atoms. The van der Waals surface area contributed by atoms with Crippen molar-refractivity contribution in [1.82, 2.24) is 5.32 Å². The normalized spacial score (nSPS) is 27.0. The minimum absolute atomic E-state index is 0.0324. The zero-order chi connectivity index (χ0) is 11.3. The van der Waals surface area contributed by atoms with Crippen LogP contribution in [0.4, 0.5) is 0 Å². The van der Waals surface area contributed by atoms with Crippen molar-refractivity contribution in [3.05, 3.63) is 0 Å². The lowest BCUT2D eigenvalue weighted by molar-refractivity contribution is -0.123. The quantitative estimate of drug-likeness (QED) is 0.798. The lowest BCUT2D eigenvalue weighted by atomic mass is 10.0. The number of nitrogens with zero attached hydrogens (tertiary/aromatic N) is 1. The number of rotatable bonds is 4. The highest BCUT2D eigenvalue weighted by molar-refractivity contribution is 8.01. The van der Waals surface area contributed by atoms with Crippen LogP contribution in [0.5, 0.6) is 0 Å². The first-order valence-electron chi connectivity index (χ1n) is 5.47. The summed E-state index contributed by atoms with van der Waals surface area (Å²) in [5, 5.41) is 11.7. The van der Waals surface area contributed by atoms with E-state index in [0.29, 0.717) is 0 Å². The predicted molar refractivity (Wildman–Crippen MR) is 62.5 cm³/mol. The second-order valence-corrected chi connectivity index (χ2v) is 5.72. The van der Waals surface area contributed by atoms with Crippen LogP contribution >= 0.6 is 11.8 Å². The molecular formula is C11H18N2OS. The molecule has 2 unspecified atom stereocenters. The number of carbonyl (C=O) groups is 1. The molecule has 1 rings (SSSR count). The molecule has 1 N–H and O–H groups in total. The zero-order valence-electron chi connectivity index (χ0n) is 9.38. The van der Waals surface area contributed by atoms with E-state index in [2.05, 4.69) is 11.4 Å². The summed E-state index contributed by atoms with van der Waals surface area (Å²) in [6.45, 7) is 3.99. The predicted octanol–water partition coefficient (Wildman–Crippen LogP) is 2.08. The van der Waals surface area contributed by atoms with Gasteiger partial charge in [0.05, 0.1) is 10.8 Å². The minimum Gasteiger partial charge on any atom is -0.339 e. The van der Waals surface area contributed by atoms with Crippen LogP contribution in [0.2, 0.25) is 0 Å². The lowest BCUT2D eigenvalue weighted by Crippen LogP contribution is -2.44. The maximum atomic E-state index is 11.9. The van der Waals surface area contributed by atoms with Crippen molar-refractivity contribution >= 4 is 17.7 Å². The van der Waals surface area contributed by atoms with Crippen molar-refractivity contribution in [3.8, 4) is 6.07 Å². The van der Waals surface area contributed by atoms with E-state index < -0.39 is 0 Å². The van der Waals surface area contributed by atoms with Crippen LogP contribution in [0.25, 0.3) is 0 Å². The molecule has 1 amide bonds. The second-order valence-electron chi connectivity index (χ2n) is 4.13. The molecule has 1 heterocycles. The van der Waals surface area contributed by atoms with E-state index in [1.807, 2.05) is 13.8 Å². The molecule has 0 aromatic rings. The van der Waals surface area contributed by atoms with Crippen molar-refractivity contribution in [2.45, 2.75) is 50.3 Å². The summed E-state index contributed by atoms with van der Waals surface area (Å²) in [6.07, 6.45) is 3.68. The van der Waals surface area contributed by atoms with Crippen molar-refractivity contribution in [1.29, 1.82) is 5.26 Å². The summed E-state index contributed by atoms with van der Waals surface area (Å²) in [6, 6.07) is 1.81. The van der Waals surface area contributed by atoms with Gasteiger partial charge in [-0.3, -0.25) is 4.79 Å². The van der Waals surface area contributed by atoms with E-state index in [-0.39, 0.29) is 16.7 Å². The van der Waals surface area contributed by atoms with Gasteiger partial charge in [0.1, 0.15) is 6.04 Å². The van der Waals surface area contributed by atoms with Crippen LogP contribution in [0.1, 0.15) is 39.5 Å². The Morgan fingerprint density at radius 2 is 2.47 bits per heavy atom. The fraction of sp³-hybridized carbons (Fsp3) is 0.818. The standard InChI is InChI=1S/C11H18N2OS/c1-3-5-9(8-12)13-10(14)11(2)6-4-7-15-11/h9H,3-7H2,1-2H3,(H,13,14). The van der Waals surface area contributed by atoms with E-state index >= 15 is 0 Å². The largest absolute Gasteiger partial charge is 0.339 e. The monoisotopic (exact) mass is 226 g/mol. The number of thioether (sulfide) groups is 1. The van der Waals surface area contributed by atoms with Gasteiger partial charge in [-0.2, -0.15) is 5.26 Å². The summed E-state index contributed by atoms with van der Waals surface area (Å²) in [5.41, 5.74) is 0. The first kappa shape index (κ1) is 12.4. The molecule has 0 aromatic carbocycles. The first-order valence-corrected chi connectivity index (χ1v) is 6.45. The lowest BCUT2D eigenvalue weighted by Gasteiger charge is -2.23. The number of nitriles is 1. The van der Waals surface area contributed by atoms with Crippen LogP contribution in [0.3, 0.4) is 0 Å². The average molecular weight is 226 g/mol. The van der Waals surface area contributed by atoms with Crippen molar-refractivity contribution < 1.29 is 4.79 Å². The molecule has 3 nitrogen and oxygen atoms in total. The third-order valence-electron chi connectivity index (χ3n) is 2.74. The minimum atomic E-state index is -0.319. The Kier molecular flexibility index (Phi) is 4.46. The van der Waals surface area contributed by atoms with Gasteiger partial charge in [0.15, 0.2) is 0 Å². The van der Waals surface area contributed by atoms with Crippen molar-refractivity contribution in [3.63, 3.8) is 0 Å². The Morgan fingerprint density at radius 3 is 2.93 bits per heavy atom. The van der Waals surface area contributed by atoms with Gasteiger partial charge in [0.2, 0.25) is 5.91 Å². The summed E-state index contributed by atoms with van der Waals surface area (Å²) < 4.78 is -0.303. The Morgan fingerprint density at radius 1 is 1.73 bits per heavy atom. The van der Waals surface area contributed by atoms with Gasteiger partial charge >= 0.3 is 0 Å². The Bertz CT molecular complexity index is 266. The fourth-order valence-corrected chi connectivity index (χ4v) is 2.94. The smallest absolute Gasteiger partial charge is 0.236 e. The molecule has 0 aliphatic carbocycles. The van der Waals surface area contributed by atoms with E-state index in [0.717, 1.165) is 31.4 Å². The summed E-state index contributed by atoms with van der Waals surface area (Å²) >= 11 is 1.70. The maximum Gasteiger partial charge on any atom is 0.236 e. The molecule has 15 heavy (non-hydrogen) atoms. The summed E-state index contributed by atoms with van der Waals surface area (Å²) in [4.78, 5) is 11.9.